The average molecular weight is 673 g/mol. The van der Waals surface area contributed by atoms with Crippen LogP contribution in [0.5, 0.6) is 0 Å². The summed E-state index contributed by atoms with van der Waals surface area (Å²) in [5, 5.41) is 12.2. The van der Waals surface area contributed by atoms with E-state index in [9.17, 15) is 0 Å². The molecular weight excluding hydrogens is 641 g/mol. The third-order valence-electron chi connectivity index (χ3n) is 11.1. The summed E-state index contributed by atoms with van der Waals surface area (Å²) in [4.78, 5) is 0. The smallest absolute Gasteiger partial charge is 0.136 e. The minimum absolute atomic E-state index is 0.896. The Kier molecular flexibility index (Phi) is 6.62. The molecule has 0 aliphatic carbocycles. The summed E-state index contributed by atoms with van der Waals surface area (Å²) >= 11 is 0. The molecule has 0 unspecified atom stereocenters. The Balaban J connectivity index is 1.28. The van der Waals surface area contributed by atoms with Crippen LogP contribution < -0.4 is 0 Å². The van der Waals surface area contributed by atoms with E-state index in [1.54, 1.807) is 0 Å². The molecule has 1 heteroatoms. The molecule has 0 radical (unpaired) electrons. The van der Waals surface area contributed by atoms with E-state index in [0.717, 1.165) is 21.9 Å². The molecule has 11 rings (SSSR count). The second-order valence-corrected chi connectivity index (χ2v) is 13.9. The standard InChI is InChI=1S/C52H32O/c1-3-14-33(15-4-1)36-27-31-47-46(32-36)50-45(24-13-25-48(50)53-47)49-40-20-9-11-22-42(40)52(43-23-12-10-21-41(43)49)51-38(34-16-5-2-6-17-34)29-30-39-37-19-8-7-18-35(37)26-28-44(39)51/h1-32H. The second kappa shape index (κ2) is 11.8. The maximum atomic E-state index is 6.57. The predicted octanol–water partition coefficient (Wildman–Crippen LogP) is 14.9. The fraction of sp³-hybridized carbons (Fsp3) is 0. The Morgan fingerprint density at radius 3 is 1.57 bits per heavy atom. The van der Waals surface area contributed by atoms with Crippen molar-refractivity contribution in [3.63, 3.8) is 0 Å². The number of rotatable bonds is 4. The lowest BCUT2D eigenvalue weighted by Gasteiger charge is -2.22. The van der Waals surface area contributed by atoms with Gasteiger partial charge < -0.3 is 4.42 Å². The molecule has 10 aromatic carbocycles. The van der Waals surface area contributed by atoms with Gasteiger partial charge in [-0.2, -0.15) is 0 Å². The van der Waals surface area contributed by atoms with Gasteiger partial charge in [-0.1, -0.05) is 176 Å². The highest BCUT2D eigenvalue weighted by molar-refractivity contribution is 6.29. The number of hydrogen-bond acceptors (Lipinski definition) is 1. The third-order valence-corrected chi connectivity index (χ3v) is 11.1. The molecule has 0 fully saturated rings. The van der Waals surface area contributed by atoms with Gasteiger partial charge in [0.25, 0.3) is 0 Å². The molecule has 0 spiro atoms. The highest BCUT2D eigenvalue weighted by Crippen LogP contribution is 2.50. The maximum Gasteiger partial charge on any atom is 0.136 e. The van der Waals surface area contributed by atoms with Crippen molar-refractivity contribution < 1.29 is 4.42 Å². The first-order valence-electron chi connectivity index (χ1n) is 18.3. The van der Waals surface area contributed by atoms with Gasteiger partial charge in [-0.3, -0.25) is 0 Å². The van der Waals surface area contributed by atoms with Gasteiger partial charge in [-0.05, 0) is 106 Å². The van der Waals surface area contributed by atoms with Crippen LogP contribution in [0.3, 0.4) is 0 Å². The van der Waals surface area contributed by atoms with Crippen molar-refractivity contribution in [2.75, 3.05) is 0 Å². The first kappa shape index (κ1) is 29.7. The van der Waals surface area contributed by atoms with Crippen molar-refractivity contribution in [1.29, 1.82) is 0 Å². The van der Waals surface area contributed by atoms with E-state index in [2.05, 4.69) is 194 Å². The zero-order valence-corrected chi connectivity index (χ0v) is 28.9. The number of benzene rings is 10. The fourth-order valence-electron chi connectivity index (χ4n) is 8.75. The van der Waals surface area contributed by atoms with Crippen molar-refractivity contribution in [3.8, 4) is 44.5 Å². The number of fused-ring (bicyclic) bond motifs is 8. The Bertz CT molecular complexity index is 3150. The van der Waals surface area contributed by atoms with E-state index >= 15 is 0 Å². The molecular formula is C52H32O. The monoisotopic (exact) mass is 672 g/mol. The summed E-state index contributed by atoms with van der Waals surface area (Å²) < 4.78 is 6.57. The SMILES string of the molecule is c1ccc(-c2ccc3oc4cccc(-c5c6ccccc6c(-c6c(-c7ccccc7)ccc7c6ccc6ccccc67)c6ccccc56)c4c3c2)cc1. The van der Waals surface area contributed by atoms with Crippen LogP contribution in [0.4, 0.5) is 0 Å². The van der Waals surface area contributed by atoms with Crippen LogP contribution in [0.15, 0.2) is 199 Å². The van der Waals surface area contributed by atoms with Gasteiger partial charge in [0.1, 0.15) is 11.2 Å². The van der Waals surface area contributed by atoms with Crippen molar-refractivity contribution in [2.45, 2.75) is 0 Å². The third kappa shape index (κ3) is 4.58. The summed E-state index contributed by atoms with van der Waals surface area (Å²) in [5.74, 6) is 0. The topological polar surface area (TPSA) is 13.1 Å². The van der Waals surface area contributed by atoms with Crippen LogP contribution in [0.1, 0.15) is 0 Å². The van der Waals surface area contributed by atoms with E-state index in [-0.39, 0.29) is 0 Å². The van der Waals surface area contributed by atoms with E-state index in [1.165, 1.54) is 87.6 Å². The Morgan fingerprint density at radius 2 is 0.849 bits per heavy atom. The van der Waals surface area contributed by atoms with Gasteiger partial charge in [0.2, 0.25) is 0 Å². The summed E-state index contributed by atoms with van der Waals surface area (Å²) in [6.45, 7) is 0. The zero-order valence-electron chi connectivity index (χ0n) is 28.9. The van der Waals surface area contributed by atoms with E-state index in [0.29, 0.717) is 0 Å². The van der Waals surface area contributed by atoms with Crippen LogP contribution in [0, 0.1) is 0 Å². The van der Waals surface area contributed by atoms with Crippen molar-refractivity contribution in [2.24, 2.45) is 0 Å². The van der Waals surface area contributed by atoms with Crippen LogP contribution in [0.2, 0.25) is 0 Å². The molecule has 0 aliphatic heterocycles. The van der Waals surface area contributed by atoms with Crippen molar-refractivity contribution in [3.05, 3.63) is 194 Å². The lowest BCUT2D eigenvalue weighted by Crippen LogP contribution is -1.94. The first-order valence-corrected chi connectivity index (χ1v) is 18.3. The molecule has 0 atom stereocenters. The molecule has 0 bridgehead atoms. The van der Waals surface area contributed by atoms with Crippen molar-refractivity contribution >= 4 is 65.0 Å². The summed E-state index contributed by atoms with van der Waals surface area (Å²) in [6, 6.07) is 70.5. The molecule has 53 heavy (non-hydrogen) atoms. The maximum absolute atomic E-state index is 6.57. The second-order valence-electron chi connectivity index (χ2n) is 13.9. The molecule has 246 valence electrons. The van der Waals surface area contributed by atoms with Gasteiger partial charge in [-0.25, -0.2) is 0 Å². The molecule has 0 saturated heterocycles. The highest BCUT2D eigenvalue weighted by atomic mass is 16.3. The summed E-state index contributed by atoms with van der Waals surface area (Å²) in [6.07, 6.45) is 0. The Morgan fingerprint density at radius 1 is 0.264 bits per heavy atom. The van der Waals surface area contributed by atoms with Crippen LogP contribution in [-0.4, -0.2) is 0 Å². The average Bonchev–Trinajstić information content (AvgIpc) is 3.61. The van der Waals surface area contributed by atoms with Crippen LogP contribution >= 0.6 is 0 Å². The van der Waals surface area contributed by atoms with E-state index in [4.69, 9.17) is 4.42 Å². The molecule has 0 amide bonds. The minimum atomic E-state index is 0.896. The van der Waals surface area contributed by atoms with Crippen LogP contribution in [-0.2, 0) is 0 Å². The molecule has 11 aromatic rings. The van der Waals surface area contributed by atoms with Gasteiger partial charge in [0.15, 0.2) is 0 Å². The Labute approximate surface area is 307 Å². The predicted molar refractivity (Wildman–Crippen MR) is 225 cm³/mol. The lowest BCUT2D eigenvalue weighted by atomic mass is 9.81. The van der Waals surface area contributed by atoms with Gasteiger partial charge in [-0.15, -0.1) is 0 Å². The van der Waals surface area contributed by atoms with Gasteiger partial charge in [0.05, 0.1) is 0 Å². The van der Waals surface area contributed by atoms with Gasteiger partial charge in [0, 0.05) is 10.8 Å². The van der Waals surface area contributed by atoms with E-state index in [1.807, 2.05) is 0 Å². The molecule has 0 aliphatic rings. The lowest BCUT2D eigenvalue weighted by molar-refractivity contribution is 0.669. The zero-order chi connectivity index (χ0) is 34.9. The summed E-state index contributed by atoms with van der Waals surface area (Å²) in [5.41, 5.74) is 11.5. The van der Waals surface area contributed by atoms with Gasteiger partial charge >= 0.3 is 0 Å². The molecule has 0 saturated carbocycles. The first-order chi connectivity index (χ1) is 26.3. The Hall–Kier alpha value is -6.96. The van der Waals surface area contributed by atoms with Crippen LogP contribution in [0.25, 0.3) is 110 Å². The number of hydrogen-bond donors (Lipinski definition) is 0. The number of furan rings is 1. The molecule has 1 aromatic heterocycles. The quantitative estimate of drug-likeness (QED) is 0.134. The minimum Gasteiger partial charge on any atom is -0.456 e. The largest absolute Gasteiger partial charge is 0.456 e. The molecule has 0 N–H and O–H groups in total. The fourth-order valence-corrected chi connectivity index (χ4v) is 8.75. The molecule has 1 heterocycles. The highest BCUT2D eigenvalue weighted by Gasteiger charge is 2.23. The normalized spacial score (nSPS) is 11.8. The summed E-state index contributed by atoms with van der Waals surface area (Å²) in [7, 11) is 0. The van der Waals surface area contributed by atoms with Crippen molar-refractivity contribution in [1.82, 2.24) is 0 Å². The van der Waals surface area contributed by atoms with E-state index < -0.39 is 0 Å². The molecule has 1 nitrogen and oxygen atoms in total.